The average Bonchev–Trinajstić information content (AvgIpc) is 2.43. The van der Waals surface area contributed by atoms with Crippen molar-refractivity contribution in [3.05, 3.63) is 24.3 Å². The van der Waals surface area contributed by atoms with Gasteiger partial charge in [0.15, 0.2) is 0 Å². The first-order chi connectivity index (χ1) is 9.85. The third kappa shape index (κ3) is 5.74. The molecule has 0 amide bonds. The van der Waals surface area contributed by atoms with E-state index in [2.05, 4.69) is 6.07 Å². The molecule has 0 saturated heterocycles. The molecule has 1 rings (SSSR count). The first kappa shape index (κ1) is 16.8. The number of hydrogen-bond donors (Lipinski definition) is 2. The zero-order valence-electron chi connectivity index (χ0n) is 12.7. The first-order valence-electron chi connectivity index (χ1n) is 7.08. The van der Waals surface area contributed by atoms with E-state index in [0.29, 0.717) is 18.8 Å². The molecule has 0 aliphatic rings. The minimum absolute atomic E-state index is 0.0655. The van der Waals surface area contributed by atoms with Gasteiger partial charge in [-0.2, -0.15) is 5.26 Å². The molecule has 0 bridgehead atoms. The molecule has 1 aromatic carbocycles. The lowest BCUT2D eigenvalue weighted by atomic mass is 9.90. The Hall–Kier alpha value is -2.22. The molecule has 0 aromatic heterocycles. The SMILES string of the molecule is CC(C)(C#N)CCCN(CCC(=O)O)c1ccccc1N. The van der Waals surface area contributed by atoms with Gasteiger partial charge in [0, 0.05) is 13.1 Å². The van der Waals surface area contributed by atoms with E-state index in [0.717, 1.165) is 18.5 Å². The second kappa shape index (κ2) is 7.53. The Kier molecular flexibility index (Phi) is 6.04. The van der Waals surface area contributed by atoms with Crippen molar-refractivity contribution in [3.8, 4) is 6.07 Å². The molecular weight excluding hydrogens is 266 g/mol. The van der Waals surface area contributed by atoms with Crippen molar-refractivity contribution in [2.75, 3.05) is 23.7 Å². The largest absolute Gasteiger partial charge is 0.481 e. The number of anilines is 2. The lowest BCUT2D eigenvalue weighted by molar-refractivity contribution is -0.136. The molecule has 0 unspecified atom stereocenters. The van der Waals surface area contributed by atoms with E-state index in [4.69, 9.17) is 16.1 Å². The van der Waals surface area contributed by atoms with Gasteiger partial charge in [0.25, 0.3) is 0 Å². The fourth-order valence-corrected chi connectivity index (χ4v) is 2.13. The molecule has 1 aromatic rings. The highest BCUT2D eigenvalue weighted by molar-refractivity contribution is 5.70. The second-order valence-electron chi connectivity index (χ2n) is 5.79. The van der Waals surface area contributed by atoms with Gasteiger partial charge in [0.05, 0.1) is 29.3 Å². The fourth-order valence-electron chi connectivity index (χ4n) is 2.13. The van der Waals surface area contributed by atoms with Crippen LogP contribution in [0.5, 0.6) is 0 Å². The minimum Gasteiger partial charge on any atom is -0.481 e. The first-order valence-corrected chi connectivity index (χ1v) is 7.08. The van der Waals surface area contributed by atoms with Crippen LogP contribution in [0.15, 0.2) is 24.3 Å². The number of aliphatic carboxylic acids is 1. The summed E-state index contributed by atoms with van der Waals surface area (Å²) >= 11 is 0. The normalized spacial score (nSPS) is 10.9. The number of carboxylic acids is 1. The van der Waals surface area contributed by atoms with E-state index < -0.39 is 5.97 Å². The van der Waals surface area contributed by atoms with Gasteiger partial charge >= 0.3 is 5.97 Å². The van der Waals surface area contributed by atoms with Crippen LogP contribution in [0.4, 0.5) is 11.4 Å². The third-order valence-electron chi connectivity index (χ3n) is 3.41. The molecule has 5 nitrogen and oxygen atoms in total. The Labute approximate surface area is 126 Å². The molecule has 21 heavy (non-hydrogen) atoms. The molecule has 0 aliphatic heterocycles. The van der Waals surface area contributed by atoms with Gasteiger partial charge in [-0.05, 0) is 38.8 Å². The highest BCUT2D eigenvalue weighted by Gasteiger charge is 2.17. The van der Waals surface area contributed by atoms with E-state index >= 15 is 0 Å². The van der Waals surface area contributed by atoms with E-state index in [1.54, 1.807) is 0 Å². The van der Waals surface area contributed by atoms with Crippen molar-refractivity contribution in [2.24, 2.45) is 5.41 Å². The molecule has 0 radical (unpaired) electrons. The summed E-state index contributed by atoms with van der Waals surface area (Å²) in [4.78, 5) is 12.8. The maximum atomic E-state index is 10.8. The second-order valence-corrected chi connectivity index (χ2v) is 5.79. The Balaban J connectivity index is 2.72. The third-order valence-corrected chi connectivity index (χ3v) is 3.41. The van der Waals surface area contributed by atoms with E-state index in [9.17, 15) is 4.79 Å². The van der Waals surface area contributed by atoms with Crippen LogP contribution < -0.4 is 10.6 Å². The van der Waals surface area contributed by atoms with Gasteiger partial charge < -0.3 is 15.7 Å². The highest BCUT2D eigenvalue weighted by atomic mass is 16.4. The maximum absolute atomic E-state index is 10.8. The summed E-state index contributed by atoms with van der Waals surface area (Å²) in [6, 6.07) is 9.72. The van der Waals surface area contributed by atoms with Crippen molar-refractivity contribution in [2.45, 2.75) is 33.1 Å². The number of rotatable bonds is 8. The fraction of sp³-hybridized carbons (Fsp3) is 0.500. The van der Waals surface area contributed by atoms with Gasteiger partial charge in [-0.3, -0.25) is 4.79 Å². The monoisotopic (exact) mass is 289 g/mol. The molecular formula is C16H23N3O2. The molecule has 0 aliphatic carbocycles. The highest BCUT2D eigenvalue weighted by Crippen LogP contribution is 2.25. The van der Waals surface area contributed by atoms with Gasteiger partial charge in [-0.1, -0.05) is 12.1 Å². The van der Waals surface area contributed by atoms with Crippen molar-refractivity contribution >= 4 is 17.3 Å². The Morgan fingerprint density at radius 2 is 2.05 bits per heavy atom. The summed E-state index contributed by atoms with van der Waals surface area (Å²) in [7, 11) is 0. The predicted octanol–water partition coefficient (Wildman–Crippen LogP) is 2.88. The van der Waals surface area contributed by atoms with Crippen molar-refractivity contribution in [3.63, 3.8) is 0 Å². The number of para-hydroxylation sites is 2. The van der Waals surface area contributed by atoms with Crippen molar-refractivity contribution < 1.29 is 9.90 Å². The number of nitrogens with two attached hydrogens (primary N) is 1. The van der Waals surface area contributed by atoms with Crippen LogP contribution in [-0.4, -0.2) is 24.2 Å². The van der Waals surface area contributed by atoms with Gasteiger partial charge in [-0.25, -0.2) is 0 Å². The molecule has 0 atom stereocenters. The molecule has 0 heterocycles. The number of nitrogens with zero attached hydrogens (tertiary/aromatic N) is 2. The maximum Gasteiger partial charge on any atom is 0.305 e. The lowest BCUT2D eigenvalue weighted by Crippen LogP contribution is -2.28. The van der Waals surface area contributed by atoms with Gasteiger partial charge in [-0.15, -0.1) is 0 Å². The number of nitrogen functional groups attached to an aromatic ring is 1. The van der Waals surface area contributed by atoms with Gasteiger partial charge in [0.2, 0.25) is 0 Å². The molecule has 0 saturated carbocycles. The Morgan fingerprint density at radius 1 is 1.38 bits per heavy atom. The topological polar surface area (TPSA) is 90.3 Å². The van der Waals surface area contributed by atoms with Crippen LogP contribution in [0.1, 0.15) is 33.1 Å². The van der Waals surface area contributed by atoms with Crippen LogP contribution >= 0.6 is 0 Å². The van der Waals surface area contributed by atoms with Gasteiger partial charge in [0.1, 0.15) is 0 Å². The van der Waals surface area contributed by atoms with Crippen LogP contribution in [0, 0.1) is 16.7 Å². The molecule has 3 N–H and O–H groups in total. The summed E-state index contributed by atoms with van der Waals surface area (Å²) in [5.41, 5.74) is 7.11. The zero-order chi connectivity index (χ0) is 15.9. The summed E-state index contributed by atoms with van der Waals surface area (Å²) in [5.74, 6) is -0.827. The Bertz CT molecular complexity index is 520. The van der Waals surface area contributed by atoms with Crippen molar-refractivity contribution in [1.29, 1.82) is 5.26 Å². The van der Waals surface area contributed by atoms with Crippen LogP contribution in [0.25, 0.3) is 0 Å². The molecule has 114 valence electrons. The summed E-state index contributed by atoms with van der Waals surface area (Å²) in [6.45, 7) is 4.92. The van der Waals surface area contributed by atoms with E-state index in [1.807, 2.05) is 43.0 Å². The number of carbonyl (C=O) groups is 1. The molecule has 5 heteroatoms. The van der Waals surface area contributed by atoms with Crippen LogP contribution in [-0.2, 0) is 4.79 Å². The predicted molar refractivity (Wildman–Crippen MR) is 83.9 cm³/mol. The van der Waals surface area contributed by atoms with E-state index in [-0.39, 0.29) is 11.8 Å². The molecule has 0 fully saturated rings. The standard InChI is InChI=1S/C16H23N3O2/c1-16(2,12-17)9-5-10-19(11-8-15(20)21)14-7-4-3-6-13(14)18/h3-4,6-7H,5,8-11,18H2,1-2H3,(H,20,21). The zero-order valence-corrected chi connectivity index (χ0v) is 12.7. The lowest BCUT2D eigenvalue weighted by Gasteiger charge is -2.26. The Morgan fingerprint density at radius 3 is 2.62 bits per heavy atom. The van der Waals surface area contributed by atoms with Crippen LogP contribution in [0.2, 0.25) is 0 Å². The van der Waals surface area contributed by atoms with Crippen molar-refractivity contribution in [1.82, 2.24) is 0 Å². The quantitative estimate of drug-likeness (QED) is 0.718. The molecule has 0 spiro atoms. The average molecular weight is 289 g/mol. The summed E-state index contributed by atoms with van der Waals surface area (Å²) in [6.07, 6.45) is 1.64. The minimum atomic E-state index is -0.827. The van der Waals surface area contributed by atoms with E-state index in [1.165, 1.54) is 0 Å². The number of benzene rings is 1. The summed E-state index contributed by atoms with van der Waals surface area (Å²) in [5, 5.41) is 17.9. The summed E-state index contributed by atoms with van der Waals surface area (Å²) < 4.78 is 0. The smallest absolute Gasteiger partial charge is 0.305 e. The number of carboxylic acid groups (broad SMARTS) is 1. The number of nitriles is 1. The number of hydrogen-bond acceptors (Lipinski definition) is 4. The van der Waals surface area contributed by atoms with Crippen LogP contribution in [0.3, 0.4) is 0 Å².